The summed E-state index contributed by atoms with van der Waals surface area (Å²) >= 11 is 1.75. The van der Waals surface area contributed by atoms with Gasteiger partial charge in [-0.1, -0.05) is 0 Å². The number of hydrogen-bond acceptors (Lipinski definition) is 5. The highest BCUT2D eigenvalue weighted by Gasteiger charge is 2.27. The molecule has 5 heteroatoms. The smallest absolute Gasteiger partial charge is 0.136 e. The number of nitrogens with one attached hydrogen (secondary N) is 1. The predicted octanol–water partition coefficient (Wildman–Crippen LogP) is 3.89. The zero-order valence-electron chi connectivity index (χ0n) is 10.8. The fraction of sp³-hybridized carbons (Fsp3) is 0.200. The fourth-order valence-corrected chi connectivity index (χ4v) is 3.04. The number of rotatable bonds is 3. The van der Waals surface area contributed by atoms with Crippen LogP contribution in [0.3, 0.4) is 0 Å². The van der Waals surface area contributed by atoms with E-state index in [-0.39, 0.29) is 0 Å². The Balaban J connectivity index is 1.67. The van der Waals surface area contributed by atoms with Gasteiger partial charge in [0, 0.05) is 22.4 Å². The van der Waals surface area contributed by atoms with E-state index in [1.54, 1.807) is 17.4 Å². The topological polar surface area (TPSA) is 63.8 Å². The molecule has 0 unspecified atom stereocenters. The maximum Gasteiger partial charge on any atom is 0.136 e. The molecule has 4 nitrogen and oxygen atoms in total. The molecule has 0 radical (unpaired) electrons. The third-order valence-corrected chi connectivity index (χ3v) is 4.33. The number of aromatic nitrogens is 2. The second-order valence-electron chi connectivity index (χ2n) is 5.11. The van der Waals surface area contributed by atoms with Crippen LogP contribution in [0.4, 0.5) is 17.3 Å². The van der Waals surface area contributed by atoms with Crippen molar-refractivity contribution in [1.82, 2.24) is 9.97 Å². The molecule has 0 aliphatic heterocycles. The molecule has 100 valence electrons. The van der Waals surface area contributed by atoms with Crippen molar-refractivity contribution in [2.45, 2.75) is 18.8 Å². The average Bonchev–Trinajstić information content (AvgIpc) is 3.17. The minimum absolute atomic E-state index is 0.499. The molecular weight excluding hydrogens is 268 g/mol. The SMILES string of the molecule is Nc1cc(Nc2ccc3sccc3c2)nc(C2CC2)n1. The lowest BCUT2D eigenvalue weighted by molar-refractivity contribution is 0.936. The molecule has 0 spiro atoms. The normalized spacial score (nSPS) is 14.6. The molecule has 1 fully saturated rings. The molecule has 3 N–H and O–H groups in total. The number of nitrogen functional groups attached to an aromatic ring is 1. The van der Waals surface area contributed by atoms with E-state index in [1.165, 1.54) is 22.9 Å². The largest absolute Gasteiger partial charge is 0.384 e. The Kier molecular flexibility index (Phi) is 2.60. The first-order valence-corrected chi connectivity index (χ1v) is 7.55. The molecule has 20 heavy (non-hydrogen) atoms. The maximum atomic E-state index is 5.86. The Morgan fingerprint density at radius 2 is 2.05 bits per heavy atom. The van der Waals surface area contributed by atoms with E-state index in [4.69, 9.17) is 5.73 Å². The molecule has 2 heterocycles. The van der Waals surface area contributed by atoms with Crippen molar-refractivity contribution in [2.24, 2.45) is 0 Å². The molecule has 0 amide bonds. The third-order valence-electron chi connectivity index (χ3n) is 3.43. The maximum absolute atomic E-state index is 5.86. The number of hydrogen-bond donors (Lipinski definition) is 2. The van der Waals surface area contributed by atoms with Crippen molar-refractivity contribution >= 4 is 38.7 Å². The zero-order valence-corrected chi connectivity index (χ0v) is 11.7. The Morgan fingerprint density at radius 1 is 1.15 bits per heavy atom. The van der Waals surface area contributed by atoms with Crippen LogP contribution in [0.5, 0.6) is 0 Å². The van der Waals surface area contributed by atoms with E-state index in [2.05, 4.69) is 44.9 Å². The highest BCUT2D eigenvalue weighted by molar-refractivity contribution is 7.17. The summed E-state index contributed by atoms with van der Waals surface area (Å²) in [5.74, 6) is 2.66. The number of anilines is 3. The monoisotopic (exact) mass is 282 g/mol. The number of thiophene rings is 1. The van der Waals surface area contributed by atoms with Crippen LogP contribution in [0.1, 0.15) is 24.6 Å². The fourth-order valence-electron chi connectivity index (χ4n) is 2.27. The van der Waals surface area contributed by atoms with Crippen molar-refractivity contribution < 1.29 is 0 Å². The van der Waals surface area contributed by atoms with Gasteiger partial charge in [-0.3, -0.25) is 0 Å². The van der Waals surface area contributed by atoms with Gasteiger partial charge in [0.1, 0.15) is 17.5 Å². The molecule has 0 bridgehead atoms. The van der Waals surface area contributed by atoms with Gasteiger partial charge < -0.3 is 11.1 Å². The first-order chi connectivity index (χ1) is 9.78. The van der Waals surface area contributed by atoms with Crippen LogP contribution < -0.4 is 11.1 Å². The Hall–Kier alpha value is -2.14. The Labute approximate surface area is 120 Å². The Morgan fingerprint density at radius 3 is 2.90 bits per heavy atom. The van der Waals surface area contributed by atoms with E-state index in [9.17, 15) is 0 Å². The lowest BCUT2D eigenvalue weighted by Gasteiger charge is -2.08. The summed E-state index contributed by atoms with van der Waals surface area (Å²) < 4.78 is 1.29. The molecular formula is C15H14N4S. The van der Waals surface area contributed by atoms with Crippen molar-refractivity contribution in [1.29, 1.82) is 0 Å². The summed E-state index contributed by atoms with van der Waals surface area (Å²) in [4.78, 5) is 8.87. The van der Waals surface area contributed by atoms with Gasteiger partial charge in [0.25, 0.3) is 0 Å². The van der Waals surface area contributed by atoms with Gasteiger partial charge >= 0.3 is 0 Å². The van der Waals surface area contributed by atoms with Gasteiger partial charge in [-0.05, 0) is 47.9 Å². The summed E-state index contributed by atoms with van der Waals surface area (Å²) in [5.41, 5.74) is 6.89. The number of benzene rings is 1. The summed E-state index contributed by atoms with van der Waals surface area (Å²) in [6.45, 7) is 0. The van der Waals surface area contributed by atoms with Crippen LogP contribution in [0.15, 0.2) is 35.7 Å². The first kappa shape index (κ1) is 11.7. The average molecular weight is 282 g/mol. The van der Waals surface area contributed by atoms with E-state index in [0.717, 1.165) is 17.3 Å². The van der Waals surface area contributed by atoms with Gasteiger partial charge in [0.05, 0.1) is 0 Å². The zero-order chi connectivity index (χ0) is 13.5. The minimum Gasteiger partial charge on any atom is -0.384 e. The van der Waals surface area contributed by atoms with Gasteiger partial charge in [0.15, 0.2) is 0 Å². The summed E-state index contributed by atoms with van der Waals surface area (Å²) in [6.07, 6.45) is 2.34. The lowest BCUT2D eigenvalue weighted by atomic mass is 10.2. The standard InChI is InChI=1S/C15H14N4S/c16-13-8-14(19-15(18-13)9-1-2-9)17-11-3-4-12-10(7-11)5-6-20-12/h3-9H,1-2H2,(H3,16,17,18,19). The number of nitrogens with two attached hydrogens (primary N) is 1. The Bertz CT molecular complexity index is 776. The quantitative estimate of drug-likeness (QED) is 0.765. The van der Waals surface area contributed by atoms with Gasteiger partial charge in [-0.15, -0.1) is 11.3 Å². The second kappa shape index (κ2) is 4.45. The second-order valence-corrected chi connectivity index (χ2v) is 6.06. The third kappa shape index (κ3) is 2.20. The van der Waals surface area contributed by atoms with E-state index in [1.807, 2.05) is 0 Å². The molecule has 3 aromatic rings. The van der Waals surface area contributed by atoms with E-state index in [0.29, 0.717) is 11.7 Å². The number of nitrogens with zero attached hydrogens (tertiary/aromatic N) is 2. The van der Waals surface area contributed by atoms with Crippen LogP contribution in [-0.2, 0) is 0 Å². The molecule has 0 atom stereocenters. The molecule has 2 aromatic heterocycles. The summed E-state index contributed by atoms with van der Waals surface area (Å²) in [5, 5.41) is 6.66. The van der Waals surface area contributed by atoms with Crippen molar-refractivity contribution in [2.75, 3.05) is 11.1 Å². The summed E-state index contributed by atoms with van der Waals surface area (Å²) in [6, 6.07) is 10.2. The van der Waals surface area contributed by atoms with E-state index < -0.39 is 0 Å². The molecule has 0 saturated heterocycles. The van der Waals surface area contributed by atoms with Crippen molar-refractivity contribution in [3.05, 3.63) is 41.5 Å². The van der Waals surface area contributed by atoms with Crippen LogP contribution in [-0.4, -0.2) is 9.97 Å². The predicted molar refractivity (Wildman–Crippen MR) is 83.5 cm³/mol. The van der Waals surface area contributed by atoms with Gasteiger partial charge in [0.2, 0.25) is 0 Å². The van der Waals surface area contributed by atoms with E-state index >= 15 is 0 Å². The van der Waals surface area contributed by atoms with Gasteiger partial charge in [-0.25, -0.2) is 9.97 Å². The molecule has 1 aliphatic carbocycles. The summed E-state index contributed by atoms with van der Waals surface area (Å²) in [7, 11) is 0. The van der Waals surface area contributed by atoms with Crippen molar-refractivity contribution in [3.8, 4) is 0 Å². The van der Waals surface area contributed by atoms with Crippen molar-refractivity contribution in [3.63, 3.8) is 0 Å². The van der Waals surface area contributed by atoms with Crippen LogP contribution in [0, 0.1) is 0 Å². The lowest BCUT2D eigenvalue weighted by Crippen LogP contribution is -2.02. The molecule has 1 aromatic carbocycles. The molecule has 1 saturated carbocycles. The molecule has 4 rings (SSSR count). The first-order valence-electron chi connectivity index (χ1n) is 6.67. The van der Waals surface area contributed by atoms with Crippen LogP contribution >= 0.6 is 11.3 Å². The van der Waals surface area contributed by atoms with Crippen LogP contribution in [0.25, 0.3) is 10.1 Å². The number of fused-ring (bicyclic) bond motifs is 1. The highest BCUT2D eigenvalue weighted by atomic mass is 32.1. The van der Waals surface area contributed by atoms with Gasteiger partial charge in [-0.2, -0.15) is 0 Å². The van der Waals surface area contributed by atoms with Crippen LogP contribution in [0.2, 0.25) is 0 Å². The molecule has 1 aliphatic rings. The minimum atomic E-state index is 0.499. The highest BCUT2D eigenvalue weighted by Crippen LogP contribution is 2.38.